The third-order valence-corrected chi connectivity index (χ3v) is 6.07. The van der Waals surface area contributed by atoms with E-state index in [4.69, 9.17) is 9.72 Å². The lowest BCUT2D eigenvalue weighted by molar-refractivity contribution is -0.117. The van der Waals surface area contributed by atoms with Crippen LogP contribution in [0.15, 0.2) is 53.9 Å². The predicted octanol–water partition coefficient (Wildman–Crippen LogP) is 3.71. The SMILES string of the molecule is COc1cccc(NC(=O)CN2CCN(Cc3nc(-c4ccc(F)cc4)cs3)CC2)c1. The van der Waals surface area contributed by atoms with Crippen LogP contribution < -0.4 is 10.1 Å². The average Bonchev–Trinajstić information content (AvgIpc) is 3.24. The summed E-state index contributed by atoms with van der Waals surface area (Å²) in [6.07, 6.45) is 0. The summed E-state index contributed by atoms with van der Waals surface area (Å²) in [5.74, 6) is 0.455. The van der Waals surface area contributed by atoms with Crippen molar-refractivity contribution in [2.45, 2.75) is 6.54 Å². The highest BCUT2D eigenvalue weighted by Gasteiger charge is 2.20. The van der Waals surface area contributed by atoms with E-state index < -0.39 is 0 Å². The molecule has 8 heteroatoms. The fourth-order valence-corrected chi connectivity index (χ4v) is 4.38. The van der Waals surface area contributed by atoms with Crippen LogP contribution >= 0.6 is 11.3 Å². The van der Waals surface area contributed by atoms with Crippen molar-refractivity contribution in [3.8, 4) is 17.0 Å². The second-order valence-corrected chi connectivity index (χ2v) is 8.41. The lowest BCUT2D eigenvalue weighted by Gasteiger charge is -2.33. The van der Waals surface area contributed by atoms with Gasteiger partial charge in [0.2, 0.25) is 5.91 Å². The molecule has 1 amide bonds. The second-order valence-electron chi connectivity index (χ2n) is 7.47. The van der Waals surface area contributed by atoms with Gasteiger partial charge in [-0.05, 0) is 36.4 Å². The zero-order valence-electron chi connectivity index (χ0n) is 17.4. The van der Waals surface area contributed by atoms with Crippen LogP contribution in [0.3, 0.4) is 0 Å². The molecule has 0 atom stereocenters. The largest absolute Gasteiger partial charge is 0.497 e. The van der Waals surface area contributed by atoms with Crippen LogP contribution in [-0.4, -0.2) is 60.5 Å². The first-order chi connectivity index (χ1) is 15.1. The molecular weight excluding hydrogens is 415 g/mol. The Balaban J connectivity index is 1.23. The number of hydrogen-bond donors (Lipinski definition) is 1. The van der Waals surface area contributed by atoms with Crippen molar-refractivity contribution in [3.05, 3.63) is 64.7 Å². The molecule has 2 heterocycles. The molecule has 31 heavy (non-hydrogen) atoms. The molecule has 2 aromatic carbocycles. The summed E-state index contributed by atoms with van der Waals surface area (Å²) < 4.78 is 18.3. The van der Waals surface area contributed by atoms with Crippen LogP contribution in [0.2, 0.25) is 0 Å². The molecule has 6 nitrogen and oxygen atoms in total. The monoisotopic (exact) mass is 440 g/mol. The van der Waals surface area contributed by atoms with E-state index in [0.717, 1.165) is 60.4 Å². The van der Waals surface area contributed by atoms with Gasteiger partial charge in [0.25, 0.3) is 0 Å². The molecule has 162 valence electrons. The Hall–Kier alpha value is -2.81. The van der Waals surface area contributed by atoms with Crippen LogP contribution in [0.4, 0.5) is 10.1 Å². The minimum atomic E-state index is -0.241. The summed E-state index contributed by atoms with van der Waals surface area (Å²) in [5.41, 5.74) is 2.55. The highest BCUT2D eigenvalue weighted by Crippen LogP contribution is 2.23. The number of aromatic nitrogens is 1. The molecule has 3 aromatic rings. The summed E-state index contributed by atoms with van der Waals surface area (Å²) in [6.45, 7) is 4.60. The number of rotatable bonds is 7. The van der Waals surface area contributed by atoms with E-state index in [-0.39, 0.29) is 11.7 Å². The van der Waals surface area contributed by atoms with Gasteiger partial charge in [-0.1, -0.05) is 6.07 Å². The first kappa shape index (κ1) is 21.4. The number of nitrogens with one attached hydrogen (secondary N) is 1. The van der Waals surface area contributed by atoms with E-state index in [1.807, 2.05) is 29.6 Å². The predicted molar refractivity (Wildman–Crippen MR) is 121 cm³/mol. The Morgan fingerprint density at radius 1 is 1.13 bits per heavy atom. The molecule has 1 aliphatic rings. The number of nitrogens with zero attached hydrogens (tertiary/aromatic N) is 3. The van der Waals surface area contributed by atoms with Crippen molar-refractivity contribution in [2.75, 3.05) is 45.2 Å². The highest BCUT2D eigenvalue weighted by atomic mass is 32.1. The molecule has 1 aromatic heterocycles. The molecule has 0 spiro atoms. The molecule has 0 radical (unpaired) electrons. The summed E-state index contributed by atoms with van der Waals surface area (Å²) in [4.78, 5) is 21.6. The Morgan fingerprint density at radius 3 is 2.61 bits per heavy atom. The van der Waals surface area contributed by atoms with E-state index in [1.165, 1.54) is 12.1 Å². The van der Waals surface area contributed by atoms with Crippen molar-refractivity contribution in [2.24, 2.45) is 0 Å². The third kappa shape index (κ3) is 5.88. The normalized spacial score (nSPS) is 15.0. The minimum Gasteiger partial charge on any atom is -0.497 e. The topological polar surface area (TPSA) is 57.7 Å². The van der Waals surface area contributed by atoms with E-state index in [0.29, 0.717) is 6.54 Å². The molecule has 1 fully saturated rings. The van der Waals surface area contributed by atoms with E-state index in [1.54, 1.807) is 30.6 Å². The summed E-state index contributed by atoms with van der Waals surface area (Å²) in [7, 11) is 1.61. The number of ether oxygens (including phenoxy) is 1. The van der Waals surface area contributed by atoms with E-state index in [9.17, 15) is 9.18 Å². The minimum absolute atomic E-state index is 0.0226. The maximum absolute atomic E-state index is 13.1. The summed E-state index contributed by atoms with van der Waals surface area (Å²) in [6, 6.07) is 13.8. The Morgan fingerprint density at radius 2 is 1.87 bits per heavy atom. The molecule has 4 rings (SSSR count). The van der Waals surface area contributed by atoms with E-state index in [2.05, 4.69) is 15.1 Å². The number of methoxy groups -OCH3 is 1. The van der Waals surface area contributed by atoms with Crippen LogP contribution in [0.25, 0.3) is 11.3 Å². The lowest BCUT2D eigenvalue weighted by atomic mass is 10.2. The van der Waals surface area contributed by atoms with Crippen LogP contribution in [-0.2, 0) is 11.3 Å². The Bertz CT molecular complexity index is 1020. The summed E-state index contributed by atoms with van der Waals surface area (Å²) in [5, 5.41) is 5.99. The zero-order chi connectivity index (χ0) is 21.6. The summed E-state index contributed by atoms with van der Waals surface area (Å²) >= 11 is 1.62. The number of hydrogen-bond acceptors (Lipinski definition) is 6. The van der Waals surface area contributed by atoms with Gasteiger partial charge in [-0.15, -0.1) is 11.3 Å². The number of halogens is 1. The van der Waals surface area contributed by atoms with Crippen molar-refractivity contribution in [1.29, 1.82) is 0 Å². The molecule has 0 aliphatic carbocycles. The standard InChI is InChI=1S/C23H25FN4O2S/c1-30-20-4-2-3-19(13-20)25-22(29)14-27-9-11-28(12-10-27)15-23-26-21(16-31-23)17-5-7-18(24)8-6-17/h2-8,13,16H,9-12,14-15H2,1H3,(H,25,29). The Labute approximate surface area is 185 Å². The molecule has 0 saturated carbocycles. The fraction of sp³-hybridized carbons (Fsp3) is 0.304. The number of benzene rings is 2. The molecular formula is C23H25FN4O2S. The fourth-order valence-electron chi connectivity index (χ4n) is 3.54. The van der Waals surface area contributed by atoms with Gasteiger partial charge in [0, 0.05) is 48.9 Å². The van der Waals surface area contributed by atoms with E-state index >= 15 is 0 Å². The maximum atomic E-state index is 13.1. The number of carbonyl (C=O) groups excluding carboxylic acids is 1. The highest BCUT2D eigenvalue weighted by molar-refractivity contribution is 7.09. The van der Waals surface area contributed by atoms with Gasteiger partial charge in [-0.2, -0.15) is 0 Å². The first-order valence-corrected chi connectivity index (χ1v) is 11.1. The number of anilines is 1. The van der Waals surface area contributed by atoms with Gasteiger partial charge in [-0.3, -0.25) is 14.6 Å². The van der Waals surface area contributed by atoms with Gasteiger partial charge >= 0.3 is 0 Å². The number of amides is 1. The lowest BCUT2D eigenvalue weighted by Crippen LogP contribution is -2.48. The Kier molecular flexibility index (Phi) is 6.91. The molecule has 1 aliphatic heterocycles. The van der Waals surface area contributed by atoms with Crippen LogP contribution in [0.1, 0.15) is 5.01 Å². The second kappa shape index (κ2) is 10.00. The average molecular weight is 441 g/mol. The zero-order valence-corrected chi connectivity index (χ0v) is 18.2. The van der Waals surface area contributed by atoms with Crippen LogP contribution in [0.5, 0.6) is 5.75 Å². The van der Waals surface area contributed by atoms with Crippen molar-refractivity contribution in [1.82, 2.24) is 14.8 Å². The molecule has 0 bridgehead atoms. The third-order valence-electron chi connectivity index (χ3n) is 5.24. The van der Waals surface area contributed by atoms with Gasteiger partial charge < -0.3 is 10.1 Å². The van der Waals surface area contributed by atoms with Gasteiger partial charge in [-0.25, -0.2) is 9.37 Å². The quantitative estimate of drug-likeness (QED) is 0.607. The van der Waals surface area contributed by atoms with Crippen LogP contribution in [0, 0.1) is 5.82 Å². The maximum Gasteiger partial charge on any atom is 0.238 e. The number of thiazole rings is 1. The molecule has 1 saturated heterocycles. The van der Waals surface area contributed by atoms with Gasteiger partial charge in [0.15, 0.2) is 0 Å². The van der Waals surface area contributed by atoms with Crippen molar-refractivity contribution in [3.63, 3.8) is 0 Å². The molecule has 1 N–H and O–H groups in total. The number of piperazine rings is 1. The van der Waals surface area contributed by atoms with Gasteiger partial charge in [0.1, 0.15) is 16.6 Å². The molecule has 0 unspecified atom stereocenters. The van der Waals surface area contributed by atoms with Crippen molar-refractivity contribution >= 4 is 22.9 Å². The first-order valence-electron chi connectivity index (χ1n) is 10.2. The van der Waals surface area contributed by atoms with Gasteiger partial charge in [0.05, 0.1) is 25.9 Å². The van der Waals surface area contributed by atoms with Crippen molar-refractivity contribution < 1.29 is 13.9 Å². The number of carbonyl (C=O) groups is 1. The smallest absolute Gasteiger partial charge is 0.238 e.